The van der Waals surface area contributed by atoms with Gasteiger partial charge in [-0.2, -0.15) is 0 Å². The van der Waals surface area contributed by atoms with Crippen molar-refractivity contribution in [2.24, 2.45) is 0 Å². The van der Waals surface area contributed by atoms with Crippen LogP contribution in [0.5, 0.6) is 0 Å². The number of carbonyl (C=O) groups is 2. The molecule has 4 nitrogen and oxygen atoms in total. The Labute approximate surface area is 115 Å². The quantitative estimate of drug-likeness (QED) is 0.609. The van der Waals surface area contributed by atoms with Gasteiger partial charge in [-0.1, -0.05) is 29.8 Å². The van der Waals surface area contributed by atoms with Crippen molar-refractivity contribution in [1.29, 1.82) is 0 Å². The van der Waals surface area contributed by atoms with Gasteiger partial charge >= 0.3 is 5.97 Å². The highest BCUT2D eigenvalue weighted by molar-refractivity contribution is 8.02. The summed E-state index contributed by atoms with van der Waals surface area (Å²) in [5, 5.41) is 0. The first kappa shape index (κ1) is 12.1. The molecule has 0 saturated carbocycles. The number of benzene rings is 1. The molecule has 0 aliphatic carbocycles. The Morgan fingerprint density at radius 2 is 2.32 bits per heavy atom. The maximum atomic E-state index is 12.3. The number of carbonyl (C=O) groups excluding carboxylic acids is 2. The number of nitrogens with zero attached hydrogens (tertiary/aromatic N) is 1. The van der Waals surface area contributed by atoms with Crippen molar-refractivity contribution in [2.75, 3.05) is 11.5 Å². The fourth-order valence-corrected chi connectivity index (χ4v) is 3.90. The molecule has 3 rings (SSSR count). The lowest BCUT2D eigenvalue weighted by Crippen LogP contribution is -2.47. The lowest BCUT2D eigenvalue weighted by Gasteiger charge is -2.28. The van der Waals surface area contributed by atoms with E-state index in [1.54, 1.807) is 4.90 Å². The molecule has 1 aromatic rings. The van der Waals surface area contributed by atoms with Gasteiger partial charge in [-0.25, -0.2) is 4.79 Å². The Bertz CT molecular complexity index is 607. The third-order valence-corrected chi connectivity index (χ3v) is 4.74. The first-order valence-corrected chi connectivity index (χ1v) is 6.72. The third-order valence-electron chi connectivity index (χ3n) is 3.28. The predicted octanol–water partition coefficient (Wildman–Crippen LogP) is 1.79. The smallest absolute Gasteiger partial charge is 0.344 e. The van der Waals surface area contributed by atoms with Gasteiger partial charge in [0.05, 0.1) is 5.69 Å². The van der Waals surface area contributed by atoms with E-state index in [0.29, 0.717) is 12.8 Å². The summed E-state index contributed by atoms with van der Waals surface area (Å²) in [6, 6.07) is 7.50. The van der Waals surface area contributed by atoms with Crippen LogP contribution in [0.4, 0.5) is 5.69 Å². The number of hydrogen-bond donors (Lipinski definition) is 0. The van der Waals surface area contributed by atoms with Crippen LogP contribution in [0.2, 0.25) is 0 Å². The van der Waals surface area contributed by atoms with Crippen molar-refractivity contribution < 1.29 is 14.3 Å². The molecule has 1 fully saturated rings. The molecule has 2 heterocycles. The van der Waals surface area contributed by atoms with Gasteiger partial charge < -0.3 is 4.74 Å². The molecule has 0 N–H and O–H groups in total. The van der Waals surface area contributed by atoms with Crippen LogP contribution in [0.1, 0.15) is 12.8 Å². The minimum absolute atomic E-state index is 0.0462. The third kappa shape index (κ3) is 1.64. The van der Waals surface area contributed by atoms with Crippen molar-refractivity contribution in [3.8, 4) is 12.3 Å². The molecule has 2 aliphatic rings. The van der Waals surface area contributed by atoms with Gasteiger partial charge in [0.15, 0.2) is 11.5 Å². The van der Waals surface area contributed by atoms with E-state index in [9.17, 15) is 9.59 Å². The van der Waals surface area contributed by atoms with Gasteiger partial charge in [-0.05, 0) is 12.1 Å². The van der Waals surface area contributed by atoms with E-state index < -0.39 is 10.8 Å². The zero-order chi connectivity index (χ0) is 13.5. The van der Waals surface area contributed by atoms with Crippen LogP contribution < -0.4 is 4.90 Å². The summed E-state index contributed by atoms with van der Waals surface area (Å²) in [5.74, 6) is 1.80. The lowest BCUT2D eigenvalue weighted by molar-refractivity contribution is -0.145. The first-order valence-electron chi connectivity index (χ1n) is 5.91. The molecule has 0 aromatic heterocycles. The number of thioether (sulfide) groups is 1. The molecule has 1 unspecified atom stereocenters. The highest BCUT2D eigenvalue weighted by Crippen LogP contribution is 2.56. The normalized spacial score (nSPS) is 23.7. The van der Waals surface area contributed by atoms with Crippen LogP contribution in [0.3, 0.4) is 0 Å². The van der Waals surface area contributed by atoms with Crippen LogP contribution in [0, 0.1) is 12.3 Å². The van der Waals surface area contributed by atoms with Crippen molar-refractivity contribution in [3.05, 3.63) is 24.3 Å². The highest BCUT2D eigenvalue weighted by Gasteiger charge is 2.58. The Morgan fingerprint density at radius 3 is 3.11 bits per heavy atom. The molecule has 1 amide bonds. The molecular formula is C14H11NO3S. The number of hydrogen-bond acceptors (Lipinski definition) is 4. The molecule has 96 valence electrons. The van der Waals surface area contributed by atoms with Gasteiger partial charge in [0.1, 0.15) is 0 Å². The number of fused-ring (bicyclic) bond motifs is 3. The van der Waals surface area contributed by atoms with Gasteiger partial charge in [0, 0.05) is 17.7 Å². The minimum atomic E-state index is -0.961. The van der Waals surface area contributed by atoms with Gasteiger partial charge in [-0.15, -0.1) is 6.42 Å². The number of rotatable bonds is 2. The Hall–Kier alpha value is -1.93. The Balaban J connectivity index is 2.01. The van der Waals surface area contributed by atoms with E-state index in [1.807, 2.05) is 24.3 Å². The maximum Gasteiger partial charge on any atom is 0.344 e. The summed E-state index contributed by atoms with van der Waals surface area (Å²) in [6.07, 6.45) is 5.91. The molecule has 5 heteroatoms. The lowest BCUT2D eigenvalue weighted by atomic mass is 10.2. The molecule has 2 aliphatic heterocycles. The van der Waals surface area contributed by atoms with E-state index >= 15 is 0 Å². The van der Waals surface area contributed by atoms with Crippen LogP contribution >= 0.6 is 11.8 Å². The minimum Gasteiger partial charge on any atom is -0.450 e. The average Bonchev–Trinajstić information content (AvgIpc) is 2.92. The van der Waals surface area contributed by atoms with Gasteiger partial charge in [0.25, 0.3) is 0 Å². The molecule has 0 bridgehead atoms. The van der Waals surface area contributed by atoms with Crippen molar-refractivity contribution >= 4 is 29.3 Å². The molecule has 1 saturated heterocycles. The van der Waals surface area contributed by atoms with Crippen LogP contribution in [-0.4, -0.2) is 23.4 Å². The molecular weight excluding hydrogens is 262 g/mol. The predicted molar refractivity (Wildman–Crippen MR) is 71.5 cm³/mol. The summed E-state index contributed by atoms with van der Waals surface area (Å²) in [4.78, 5) is 25.9. The number of terminal acetylenes is 1. The summed E-state index contributed by atoms with van der Waals surface area (Å²) in [6.45, 7) is -0.0699. The van der Waals surface area contributed by atoms with E-state index in [-0.39, 0.29) is 12.5 Å². The second-order valence-electron chi connectivity index (χ2n) is 4.36. The largest absolute Gasteiger partial charge is 0.450 e. The van der Waals surface area contributed by atoms with Crippen LogP contribution in [0.15, 0.2) is 29.2 Å². The van der Waals surface area contributed by atoms with E-state index in [0.717, 1.165) is 10.6 Å². The van der Waals surface area contributed by atoms with Gasteiger partial charge in [-0.3, -0.25) is 9.69 Å². The standard InChI is InChI=1S/C14H11NO3S/c1-2-9-18-13(17)14-8-7-12(16)15(14)10-5-3-4-6-11(10)19-14/h1,3-6H,7-9H2. The number of ether oxygens (including phenoxy) is 1. The number of para-hydroxylation sites is 1. The molecule has 1 aromatic carbocycles. The SMILES string of the molecule is C#CCOC(=O)C12CCC(=O)N1c1ccccc1S2. The molecule has 0 spiro atoms. The first-order chi connectivity index (χ1) is 9.19. The van der Waals surface area contributed by atoms with Crippen molar-refractivity contribution in [2.45, 2.75) is 22.6 Å². The zero-order valence-electron chi connectivity index (χ0n) is 10.1. The van der Waals surface area contributed by atoms with Gasteiger partial charge in [0.2, 0.25) is 5.91 Å². The Kier molecular flexibility index (Phi) is 2.76. The van der Waals surface area contributed by atoms with Crippen molar-refractivity contribution in [3.63, 3.8) is 0 Å². The van der Waals surface area contributed by atoms with E-state index in [1.165, 1.54) is 11.8 Å². The second kappa shape index (κ2) is 4.32. The Morgan fingerprint density at radius 1 is 1.53 bits per heavy atom. The number of amides is 1. The maximum absolute atomic E-state index is 12.3. The van der Waals surface area contributed by atoms with Crippen LogP contribution in [0.25, 0.3) is 0 Å². The fourth-order valence-electron chi connectivity index (χ4n) is 2.49. The second-order valence-corrected chi connectivity index (χ2v) is 5.68. The zero-order valence-corrected chi connectivity index (χ0v) is 10.9. The average molecular weight is 273 g/mol. The number of anilines is 1. The van der Waals surface area contributed by atoms with E-state index in [4.69, 9.17) is 11.2 Å². The summed E-state index contributed by atoms with van der Waals surface area (Å²) >= 11 is 1.38. The summed E-state index contributed by atoms with van der Waals surface area (Å²) in [7, 11) is 0. The molecule has 1 atom stereocenters. The van der Waals surface area contributed by atoms with E-state index in [2.05, 4.69) is 5.92 Å². The summed E-state index contributed by atoms with van der Waals surface area (Å²) < 4.78 is 5.07. The monoisotopic (exact) mass is 273 g/mol. The number of esters is 1. The fraction of sp³-hybridized carbons (Fsp3) is 0.286. The van der Waals surface area contributed by atoms with Crippen molar-refractivity contribution in [1.82, 2.24) is 0 Å². The van der Waals surface area contributed by atoms with Crippen LogP contribution in [-0.2, 0) is 14.3 Å². The molecule has 19 heavy (non-hydrogen) atoms. The highest BCUT2D eigenvalue weighted by atomic mass is 32.2. The topological polar surface area (TPSA) is 46.6 Å². The molecule has 0 radical (unpaired) electrons. The summed E-state index contributed by atoms with van der Waals surface area (Å²) in [5.41, 5.74) is 0.785.